The summed E-state index contributed by atoms with van der Waals surface area (Å²) in [5, 5.41) is 0. The number of ether oxygens (including phenoxy) is 1. The van der Waals surface area contributed by atoms with Crippen molar-refractivity contribution in [1.82, 2.24) is 4.90 Å². The fourth-order valence-electron chi connectivity index (χ4n) is 2.85. The summed E-state index contributed by atoms with van der Waals surface area (Å²) in [6.07, 6.45) is 3.99. The Morgan fingerprint density at radius 2 is 2.22 bits per heavy atom. The monoisotopic (exact) mass is 248 g/mol. The molecule has 1 saturated heterocycles. The van der Waals surface area contributed by atoms with Gasteiger partial charge >= 0.3 is 0 Å². The molecule has 0 aromatic heterocycles. The molecule has 1 aliphatic heterocycles. The number of rotatable bonds is 5. The second-order valence-electron chi connectivity index (χ2n) is 5.29. The number of benzene rings is 1. The SMILES string of the molecule is CCCC1CCN(Cc2cc(N)cc(OC)c2)C1. The van der Waals surface area contributed by atoms with E-state index in [0.717, 1.165) is 23.9 Å². The van der Waals surface area contributed by atoms with Gasteiger partial charge in [-0.1, -0.05) is 13.3 Å². The van der Waals surface area contributed by atoms with Crippen LogP contribution in [-0.2, 0) is 6.54 Å². The van der Waals surface area contributed by atoms with E-state index in [1.807, 2.05) is 6.07 Å². The van der Waals surface area contributed by atoms with Crippen LogP contribution in [0.2, 0.25) is 0 Å². The normalized spacial score (nSPS) is 20.2. The van der Waals surface area contributed by atoms with E-state index in [9.17, 15) is 0 Å². The molecule has 1 aromatic rings. The maximum Gasteiger partial charge on any atom is 0.121 e. The van der Waals surface area contributed by atoms with Gasteiger partial charge in [0.05, 0.1) is 7.11 Å². The van der Waals surface area contributed by atoms with Gasteiger partial charge in [-0.05, 0) is 43.0 Å². The van der Waals surface area contributed by atoms with Crippen molar-refractivity contribution >= 4 is 5.69 Å². The Hall–Kier alpha value is -1.22. The number of methoxy groups -OCH3 is 1. The predicted molar refractivity (Wildman–Crippen MR) is 75.7 cm³/mol. The third kappa shape index (κ3) is 3.39. The largest absolute Gasteiger partial charge is 0.497 e. The molecular weight excluding hydrogens is 224 g/mol. The smallest absolute Gasteiger partial charge is 0.121 e. The summed E-state index contributed by atoms with van der Waals surface area (Å²) < 4.78 is 5.26. The summed E-state index contributed by atoms with van der Waals surface area (Å²) in [5.74, 6) is 1.74. The molecule has 2 rings (SSSR count). The predicted octanol–water partition coefficient (Wildman–Crippen LogP) is 2.90. The number of nitrogens with zero attached hydrogens (tertiary/aromatic N) is 1. The molecule has 1 unspecified atom stereocenters. The zero-order valence-electron chi connectivity index (χ0n) is 11.5. The zero-order chi connectivity index (χ0) is 13.0. The van der Waals surface area contributed by atoms with Crippen molar-refractivity contribution in [2.75, 3.05) is 25.9 Å². The third-order valence-corrected chi connectivity index (χ3v) is 3.70. The lowest BCUT2D eigenvalue weighted by molar-refractivity contribution is 0.312. The Kier molecular flexibility index (Phi) is 4.48. The summed E-state index contributed by atoms with van der Waals surface area (Å²) in [6.45, 7) is 5.69. The lowest BCUT2D eigenvalue weighted by Crippen LogP contribution is -2.20. The van der Waals surface area contributed by atoms with E-state index >= 15 is 0 Å². The van der Waals surface area contributed by atoms with Crippen LogP contribution >= 0.6 is 0 Å². The van der Waals surface area contributed by atoms with Gasteiger partial charge in [0.25, 0.3) is 0 Å². The van der Waals surface area contributed by atoms with E-state index < -0.39 is 0 Å². The van der Waals surface area contributed by atoms with Crippen molar-refractivity contribution in [2.24, 2.45) is 5.92 Å². The molecule has 0 bridgehead atoms. The van der Waals surface area contributed by atoms with Gasteiger partial charge in [-0.3, -0.25) is 4.90 Å². The van der Waals surface area contributed by atoms with Crippen molar-refractivity contribution in [3.8, 4) is 5.75 Å². The van der Waals surface area contributed by atoms with Crippen LogP contribution < -0.4 is 10.5 Å². The minimum atomic E-state index is 0.786. The summed E-state index contributed by atoms with van der Waals surface area (Å²) in [4.78, 5) is 2.52. The molecule has 3 nitrogen and oxygen atoms in total. The molecule has 1 heterocycles. The fourth-order valence-corrected chi connectivity index (χ4v) is 2.85. The van der Waals surface area contributed by atoms with Crippen LogP contribution in [0, 0.1) is 5.92 Å². The molecular formula is C15H24N2O. The standard InChI is InChI=1S/C15H24N2O/c1-3-4-12-5-6-17(10-12)11-13-7-14(16)9-15(8-13)18-2/h7-9,12H,3-6,10-11,16H2,1-2H3. The van der Waals surface area contributed by atoms with Gasteiger partial charge in [0.1, 0.15) is 5.75 Å². The molecule has 0 radical (unpaired) electrons. The maximum atomic E-state index is 5.89. The van der Waals surface area contributed by atoms with Crippen molar-refractivity contribution in [3.05, 3.63) is 23.8 Å². The lowest BCUT2D eigenvalue weighted by atomic mass is 10.0. The Balaban J connectivity index is 1.95. The zero-order valence-corrected chi connectivity index (χ0v) is 11.5. The first-order valence-electron chi connectivity index (χ1n) is 6.87. The maximum absolute atomic E-state index is 5.89. The highest BCUT2D eigenvalue weighted by Crippen LogP contribution is 2.25. The topological polar surface area (TPSA) is 38.5 Å². The van der Waals surface area contributed by atoms with Gasteiger partial charge in [-0.15, -0.1) is 0 Å². The van der Waals surface area contributed by atoms with Crippen LogP contribution in [-0.4, -0.2) is 25.1 Å². The highest BCUT2D eigenvalue weighted by molar-refractivity contribution is 5.47. The van der Waals surface area contributed by atoms with Crippen LogP contribution in [0.5, 0.6) is 5.75 Å². The molecule has 18 heavy (non-hydrogen) atoms. The molecule has 0 aliphatic carbocycles. The minimum Gasteiger partial charge on any atom is -0.497 e. The van der Waals surface area contributed by atoms with Gasteiger partial charge in [-0.25, -0.2) is 0 Å². The Morgan fingerprint density at radius 3 is 2.94 bits per heavy atom. The van der Waals surface area contributed by atoms with Crippen molar-refractivity contribution in [3.63, 3.8) is 0 Å². The molecule has 100 valence electrons. The van der Waals surface area contributed by atoms with Crippen molar-refractivity contribution in [1.29, 1.82) is 0 Å². The number of likely N-dealkylation sites (tertiary alicyclic amines) is 1. The average molecular weight is 248 g/mol. The first kappa shape index (κ1) is 13.2. The van der Waals surface area contributed by atoms with Crippen LogP contribution in [0.1, 0.15) is 31.7 Å². The fraction of sp³-hybridized carbons (Fsp3) is 0.600. The van der Waals surface area contributed by atoms with Crippen LogP contribution in [0.25, 0.3) is 0 Å². The Bertz CT molecular complexity index is 392. The van der Waals surface area contributed by atoms with Gasteiger partial charge in [0.15, 0.2) is 0 Å². The molecule has 1 aliphatic rings. The Morgan fingerprint density at radius 1 is 1.39 bits per heavy atom. The van der Waals surface area contributed by atoms with Crippen molar-refractivity contribution < 1.29 is 4.74 Å². The van der Waals surface area contributed by atoms with E-state index in [1.165, 1.54) is 37.9 Å². The highest BCUT2D eigenvalue weighted by Gasteiger charge is 2.21. The molecule has 0 saturated carbocycles. The summed E-state index contributed by atoms with van der Waals surface area (Å²) in [5.41, 5.74) is 7.93. The number of anilines is 1. The first-order valence-corrected chi connectivity index (χ1v) is 6.87. The summed E-state index contributed by atoms with van der Waals surface area (Å²) in [7, 11) is 1.69. The molecule has 2 N–H and O–H groups in total. The number of hydrogen-bond donors (Lipinski definition) is 1. The highest BCUT2D eigenvalue weighted by atomic mass is 16.5. The van der Waals surface area contributed by atoms with E-state index in [-0.39, 0.29) is 0 Å². The van der Waals surface area contributed by atoms with Crippen LogP contribution in [0.4, 0.5) is 5.69 Å². The summed E-state index contributed by atoms with van der Waals surface area (Å²) >= 11 is 0. The third-order valence-electron chi connectivity index (χ3n) is 3.70. The quantitative estimate of drug-likeness (QED) is 0.814. The van der Waals surface area contributed by atoms with E-state index in [4.69, 9.17) is 10.5 Å². The van der Waals surface area contributed by atoms with Gasteiger partial charge in [0.2, 0.25) is 0 Å². The minimum absolute atomic E-state index is 0.786. The second-order valence-corrected chi connectivity index (χ2v) is 5.29. The molecule has 1 fully saturated rings. The lowest BCUT2D eigenvalue weighted by Gasteiger charge is -2.17. The summed E-state index contributed by atoms with van der Waals surface area (Å²) in [6, 6.07) is 6.01. The number of nitrogens with two attached hydrogens (primary N) is 1. The van der Waals surface area contributed by atoms with E-state index in [1.54, 1.807) is 7.11 Å². The van der Waals surface area contributed by atoms with Gasteiger partial charge < -0.3 is 10.5 Å². The first-order chi connectivity index (χ1) is 8.71. The second kappa shape index (κ2) is 6.10. The van der Waals surface area contributed by atoms with Crippen LogP contribution in [0.15, 0.2) is 18.2 Å². The average Bonchev–Trinajstić information content (AvgIpc) is 2.76. The molecule has 0 amide bonds. The van der Waals surface area contributed by atoms with Gasteiger partial charge in [0, 0.05) is 24.8 Å². The molecule has 3 heteroatoms. The molecule has 0 spiro atoms. The van der Waals surface area contributed by atoms with Gasteiger partial charge in [-0.2, -0.15) is 0 Å². The van der Waals surface area contributed by atoms with E-state index in [2.05, 4.69) is 24.0 Å². The molecule has 1 aromatic carbocycles. The Labute approximate surface area is 110 Å². The van der Waals surface area contributed by atoms with Crippen LogP contribution in [0.3, 0.4) is 0 Å². The number of nitrogen functional groups attached to an aromatic ring is 1. The van der Waals surface area contributed by atoms with E-state index in [0.29, 0.717) is 0 Å². The van der Waals surface area contributed by atoms with Crippen molar-refractivity contribution in [2.45, 2.75) is 32.7 Å². The number of hydrogen-bond acceptors (Lipinski definition) is 3. The molecule has 1 atom stereocenters.